The van der Waals surface area contributed by atoms with Gasteiger partial charge in [0.2, 0.25) is 0 Å². The van der Waals surface area contributed by atoms with Crippen LogP contribution in [0.4, 0.5) is 0 Å². The number of allylic oxidation sites excluding steroid dienone is 2. The third-order valence-corrected chi connectivity index (χ3v) is 8.89. The Balaban J connectivity index is 1.18. The predicted molar refractivity (Wildman–Crippen MR) is 109 cm³/mol. The Morgan fingerprint density at radius 3 is 2.56 bits per heavy atom. The van der Waals surface area contributed by atoms with E-state index in [2.05, 4.69) is 13.0 Å². The van der Waals surface area contributed by atoms with Gasteiger partial charge in [-0.1, -0.05) is 76.4 Å². The Kier molecular flexibility index (Phi) is 6.25. The van der Waals surface area contributed by atoms with Crippen LogP contribution in [0.2, 0.25) is 0 Å². The number of fused-ring (bicyclic) bond motifs is 1. The Bertz CT molecular complexity index is 441. The standard InChI is InChI=1S/C25H42/c1-19-21(11-6-5-10-20-8-3-2-4-9-20)16-17-25(19)24-15-14-22-12-7-13-23(22)18-24/h13,19-22,24-25H,2-12,14-18H2,1H3. The van der Waals surface area contributed by atoms with E-state index in [4.69, 9.17) is 0 Å². The van der Waals surface area contributed by atoms with Crippen molar-refractivity contribution in [3.63, 3.8) is 0 Å². The molecule has 0 nitrogen and oxygen atoms in total. The first-order valence-corrected chi connectivity index (χ1v) is 12.0. The second kappa shape index (κ2) is 8.62. The van der Waals surface area contributed by atoms with Gasteiger partial charge in [0.05, 0.1) is 0 Å². The van der Waals surface area contributed by atoms with Gasteiger partial charge in [0, 0.05) is 0 Å². The van der Waals surface area contributed by atoms with Gasteiger partial charge in [-0.25, -0.2) is 0 Å². The molecule has 5 atom stereocenters. The van der Waals surface area contributed by atoms with Gasteiger partial charge in [0.25, 0.3) is 0 Å². The number of hydrogen-bond donors (Lipinski definition) is 0. The molecular formula is C25H42. The molecule has 0 aromatic carbocycles. The second-order valence-corrected chi connectivity index (χ2v) is 10.2. The van der Waals surface area contributed by atoms with Crippen molar-refractivity contribution < 1.29 is 0 Å². The quantitative estimate of drug-likeness (QED) is 0.339. The van der Waals surface area contributed by atoms with Crippen molar-refractivity contribution in [2.75, 3.05) is 0 Å². The first-order chi connectivity index (χ1) is 12.3. The van der Waals surface area contributed by atoms with Gasteiger partial charge in [-0.05, 0) is 80.5 Å². The Labute approximate surface area is 157 Å². The van der Waals surface area contributed by atoms with Crippen LogP contribution in [0.15, 0.2) is 11.6 Å². The van der Waals surface area contributed by atoms with Crippen molar-refractivity contribution in [2.45, 2.75) is 110 Å². The topological polar surface area (TPSA) is 0 Å². The van der Waals surface area contributed by atoms with Crippen LogP contribution in [0.1, 0.15) is 110 Å². The molecule has 4 aliphatic carbocycles. The SMILES string of the molecule is CC1C(CCCCC2CCCCC2)CCC1C1CCC2CCC=C2C1. The molecule has 0 amide bonds. The molecule has 4 aliphatic rings. The van der Waals surface area contributed by atoms with E-state index in [9.17, 15) is 0 Å². The molecule has 0 aromatic rings. The zero-order valence-electron chi connectivity index (χ0n) is 16.9. The predicted octanol–water partition coefficient (Wildman–Crippen LogP) is 7.93. The zero-order chi connectivity index (χ0) is 17.1. The maximum Gasteiger partial charge on any atom is -0.0200 e. The zero-order valence-corrected chi connectivity index (χ0v) is 16.9. The molecule has 0 saturated heterocycles. The van der Waals surface area contributed by atoms with Crippen molar-refractivity contribution in [3.05, 3.63) is 11.6 Å². The minimum Gasteiger partial charge on any atom is -0.0850 e. The molecule has 0 heteroatoms. The molecule has 0 aromatic heterocycles. The van der Waals surface area contributed by atoms with Gasteiger partial charge in [0.1, 0.15) is 0 Å². The summed E-state index contributed by atoms with van der Waals surface area (Å²) >= 11 is 0. The van der Waals surface area contributed by atoms with Crippen LogP contribution in [-0.4, -0.2) is 0 Å². The summed E-state index contributed by atoms with van der Waals surface area (Å²) in [5.41, 5.74) is 1.87. The Morgan fingerprint density at radius 1 is 0.840 bits per heavy atom. The molecule has 0 radical (unpaired) electrons. The lowest BCUT2D eigenvalue weighted by molar-refractivity contribution is 0.194. The summed E-state index contributed by atoms with van der Waals surface area (Å²) in [4.78, 5) is 0. The van der Waals surface area contributed by atoms with Crippen LogP contribution in [-0.2, 0) is 0 Å². The smallest absolute Gasteiger partial charge is 0.0200 e. The fourth-order valence-electron chi connectivity index (χ4n) is 7.26. The number of unbranched alkanes of at least 4 members (excludes halogenated alkanes) is 1. The number of hydrogen-bond acceptors (Lipinski definition) is 0. The molecule has 5 unspecified atom stereocenters. The monoisotopic (exact) mass is 342 g/mol. The minimum absolute atomic E-state index is 1.00. The highest BCUT2D eigenvalue weighted by Crippen LogP contribution is 2.50. The molecule has 25 heavy (non-hydrogen) atoms. The van der Waals surface area contributed by atoms with Crippen LogP contribution in [0.5, 0.6) is 0 Å². The van der Waals surface area contributed by atoms with E-state index in [1.807, 2.05) is 5.57 Å². The highest BCUT2D eigenvalue weighted by molar-refractivity contribution is 5.16. The summed E-state index contributed by atoms with van der Waals surface area (Å²) in [6, 6.07) is 0. The van der Waals surface area contributed by atoms with Gasteiger partial charge in [-0.15, -0.1) is 0 Å². The van der Waals surface area contributed by atoms with Gasteiger partial charge < -0.3 is 0 Å². The summed E-state index contributed by atoms with van der Waals surface area (Å²) in [5.74, 6) is 6.28. The summed E-state index contributed by atoms with van der Waals surface area (Å²) in [5, 5.41) is 0. The lowest BCUT2D eigenvalue weighted by Crippen LogP contribution is -2.25. The molecule has 0 spiro atoms. The lowest BCUT2D eigenvalue weighted by atomic mass is 9.70. The van der Waals surface area contributed by atoms with E-state index in [0.29, 0.717) is 0 Å². The van der Waals surface area contributed by atoms with Crippen LogP contribution < -0.4 is 0 Å². The van der Waals surface area contributed by atoms with Gasteiger partial charge in [0.15, 0.2) is 0 Å². The van der Waals surface area contributed by atoms with Crippen molar-refractivity contribution in [1.82, 2.24) is 0 Å². The van der Waals surface area contributed by atoms with Crippen molar-refractivity contribution in [1.29, 1.82) is 0 Å². The van der Waals surface area contributed by atoms with Gasteiger partial charge in [-0.2, -0.15) is 0 Å². The van der Waals surface area contributed by atoms with E-state index < -0.39 is 0 Å². The average molecular weight is 343 g/mol. The van der Waals surface area contributed by atoms with Crippen LogP contribution in [0, 0.1) is 35.5 Å². The van der Waals surface area contributed by atoms with E-state index in [1.165, 1.54) is 57.8 Å². The van der Waals surface area contributed by atoms with Crippen LogP contribution >= 0.6 is 0 Å². The van der Waals surface area contributed by atoms with E-state index in [1.54, 1.807) is 44.9 Å². The normalized spacial score (nSPS) is 39.4. The van der Waals surface area contributed by atoms with E-state index in [-0.39, 0.29) is 0 Å². The maximum absolute atomic E-state index is 2.62. The van der Waals surface area contributed by atoms with Crippen molar-refractivity contribution in [2.24, 2.45) is 35.5 Å². The second-order valence-electron chi connectivity index (χ2n) is 10.2. The Hall–Kier alpha value is -0.260. The highest BCUT2D eigenvalue weighted by atomic mass is 14.4. The molecule has 0 N–H and O–H groups in total. The van der Waals surface area contributed by atoms with Crippen LogP contribution in [0.25, 0.3) is 0 Å². The average Bonchev–Trinajstić information content (AvgIpc) is 3.25. The molecule has 4 rings (SSSR count). The molecule has 142 valence electrons. The first kappa shape index (κ1) is 18.1. The van der Waals surface area contributed by atoms with Crippen molar-refractivity contribution in [3.8, 4) is 0 Å². The molecular weight excluding hydrogens is 300 g/mol. The molecule has 3 saturated carbocycles. The summed E-state index contributed by atoms with van der Waals surface area (Å²) in [6.45, 7) is 2.62. The fourth-order valence-corrected chi connectivity index (χ4v) is 7.26. The summed E-state index contributed by atoms with van der Waals surface area (Å²) in [6.07, 6.45) is 26.9. The maximum atomic E-state index is 2.62. The molecule has 0 bridgehead atoms. The third kappa shape index (κ3) is 4.36. The lowest BCUT2D eigenvalue weighted by Gasteiger charge is -2.35. The number of rotatable bonds is 6. The van der Waals surface area contributed by atoms with Gasteiger partial charge in [-0.3, -0.25) is 0 Å². The summed E-state index contributed by atoms with van der Waals surface area (Å²) in [7, 11) is 0. The fraction of sp³-hybridized carbons (Fsp3) is 0.920. The largest absolute Gasteiger partial charge is 0.0850 e. The highest BCUT2D eigenvalue weighted by Gasteiger charge is 2.39. The minimum atomic E-state index is 1.00. The molecule has 3 fully saturated rings. The first-order valence-electron chi connectivity index (χ1n) is 12.0. The van der Waals surface area contributed by atoms with E-state index >= 15 is 0 Å². The van der Waals surface area contributed by atoms with E-state index in [0.717, 1.165) is 35.5 Å². The van der Waals surface area contributed by atoms with Crippen LogP contribution in [0.3, 0.4) is 0 Å². The summed E-state index contributed by atoms with van der Waals surface area (Å²) < 4.78 is 0. The Morgan fingerprint density at radius 2 is 1.68 bits per heavy atom. The molecule has 0 aliphatic heterocycles. The van der Waals surface area contributed by atoms with Gasteiger partial charge >= 0.3 is 0 Å². The molecule has 0 heterocycles. The van der Waals surface area contributed by atoms with Crippen molar-refractivity contribution >= 4 is 0 Å². The third-order valence-electron chi connectivity index (χ3n) is 8.89.